The van der Waals surface area contributed by atoms with Gasteiger partial charge in [-0.3, -0.25) is 9.59 Å². The molecule has 184 valence electrons. The first-order chi connectivity index (χ1) is 17.3. The Morgan fingerprint density at radius 3 is 2.58 bits per heavy atom. The highest BCUT2D eigenvalue weighted by molar-refractivity contribution is 6.32. The summed E-state index contributed by atoms with van der Waals surface area (Å²) in [6, 6.07) is 19.4. The van der Waals surface area contributed by atoms with Gasteiger partial charge in [0.15, 0.2) is 11.5 Å². The summed E-state index contributed by atoms with van der Waals surface area (Å²) in [7, 11) is 1.48. The van der Waals surface area contributed by atoms with Crippen LogP contribution in [0.1, 0.15) is 16.7 Å². The molecule has 9 heteroatoms. The molecule has 3 aromatic rings. The molecule has 1 heterocycles. The fourth-order valence-corrected chi connectivity index (χ4v) is 3.92. The maximum Gasteiger partial charge on any atom is 0.329 e. The van der Waals surface area contributed by atoms with E-state index in [0.717, 1.165) is 16.0 Å². The van der Waals surface area contributed by atoms with Crippen LogP contribution in [0.25, 0.3) is 6.08 Å². The highest BCUT2D eigenvalue weighted by atomic mass is 35.5. The lowest BCUT2D eigenvalue weighted by atomic mass is 10.1. The SMILES string of the molecule is COc1cc(/C=C2/NC(=O)N(CC(=O)Nc3cccc(C)c3)C2=O)cc(Cl)c1OCc1ccccc1. The Balaban J connectivity index is 1.47. The van der Waals surface area contributed by atoms with Crippen molar-refractivity contribution in [3.05, 3.63) is 94.1 Å². The summed E-state index contributed by atoms with van der Waals surface area (Å²) < 4.78 is 11.3. The first-order valence-electron chi connectivity index (χ1n) is 11.1. The monoisotopic (exact) mass is 505 g/mol. The summed E-state index contributed by atoms with van der Waals surface area (Å²) in [5, 5.41) is 5.47. The largest absolute Gasteiger partial charge is 0.493 e. The summed E-state index contributed by atoms with van der Waals surface area (Å²) in [5.74, 6) is -0.383. The first kappa shape index (κ1) is 24.8. The van der Waals surface area contributed by atoms with E-state index in [1.165, 1.54) is 13.2 Å². The van der Waals surface area contributed by atoms with Crippen LogP contribution in [0, 0.1) is 6.92 Å². The molecule has 0 spiro atoms. The first-order valence-corrected chi connectivity index (χ1v) is 11.5. The van der Waals surface area contributed by atoms with Gasteiger partial charge in [0.2, 0.25) is 5.91 Å². The highest BCUT2D eigenvalue weighted by Crippen LogP contribution is 2.37. The number of methoxy groups -OCH3 is 1. The van der Waals surface area contributed by atoms with E-state index in [0.29, 0.717) is 29.4 Å². The van der Waals surface area contributed by atoms with Crippen molar-refractivity contribution in [2.24, 2.45) is 0 Å². The summed E-state index contributed by atoms with van der Waals surface area (Å²) in [6.45, 7) is 1.77. The van der Waals surface area contributed by atoms with Crippen LogP contribution in [0.3, 0.4) is 0 Å². The molecule has 0 radical (unpaired) electrons. The number of hydrogen-bond donors (Lipinski definition) is 2. The minimum atomic E-state index is -0.688. The van der Waals surface area contributed by atoms with Crippen LogP contribution in [-0.4, -0.2) is 36.4 Å². The molecule has 1 saturated heterocycles. The zero-order valence-electron chi connectivity index (χ0n) is 19.7. The number of anilines is 1. The van der Waals surface area contributed by atoms with Crippen LogP contribution in [0.5, 0.6) is 11.5 Å². The molecule has 4 amide bonds. The van der Waals surface area contributed by atoms with Gasteiger partial charge in [0, 0.05) is 5.69 Å². The van der Waals surface area contributed by atoms with Gasteiger partial charge in [-0.2, -0.15) is 0 Å². The Bertz CT molecular complexity index is 1340. The Labute approximate surface area is 213 Å². The van der Waals surface area contributed by atoms with Gasteiger partial charge in [0.1, 0.15) is 18.8 Å². The Morgan fingerprint density at radius 1 is 1.08 bits per heavy atom. The number of amides is 4. The zero-order chi connectivity index (χ0) is 25.7. The molecule has 0 unspecified atom stereocenters. The maximum atomic E-state index is 12.8. The van der Waals surface area contributed by atoms with Crippen molar-refractivity contribution in [2.45, 2.75) is 13.5 Å². The molecule has 0 atom stereocenters. The molecule has 36 heavy (non-hydrogen) atoms. The Hall–Kier alpha value is -4.30. The molecule has 1 aliphatic rings. The third-order valence-corrected chi connectivity index (χ3v) is 5.64. The van der Waals surface area contributed by atoms with E-state index in [4.69, 9.17) is 21.1 Å². The number of rotatable bonds is 8. The molecule has 8 nitrogen and oxygen atoms in total. The van der Waals surface area contributed by atoms with Gasteiger partial charge in [-0.05, 0) is 54.0 Å². The van der Waals surface area contributed by atoms with Crippen molar-refractivity contribution >= 4 is 41.2 Å². The average molecular weight is 506 g/mol. The maximum absolute atomic E-state index is 12.8. The van der Waals surface area contributed by atoms with E-state index in [1.807, 2.05) is 43.3 Å². The number of imide groups is 1. The minimum Gasteiger partial charge on any atom is -0.493 e. The standard InChI is InChI=1S/C27H24ClN3O5/c1-17-7-6-10-20(11-17)29-24(32)15-31-26(33)22(30-27(31)34)13-19-12-21(28)25(23(14-19)35-2)36-16-18-8-4-3-5-9-18/h3-14H,15-16H2,1-2H3,(H,29,32)(H,30,34)/b22-13+. The molecular weight excluding hydrogens is 482 g/mol. The Morgan fingerprint density at radius 2 is 1.86 bits per heavy atom. The van der Waals surface area contributed by atoms with E-state index in [-0.39, 0.29) is 10.7 Å². The number of carbonyl (C=O) groups excluding carboxylic acids is 3. The lowest BCUT2D eigenvalue weighted by molar-refractivity contribution is -0.127. The van der Waals surface area contributed by atoms with Gasteiger partial charge in [-0.15, -0.1) is 0 Å². The summed E-state index contributed by atoms with van der Waals surface area (Å²) >= 11 is 6.45. The van der Waals surface area contributed by atoms with Gasteiger partial charge >= 0.3 is 6.03 Å². The van der Waals surface area contributed by atoms with Gasteiger partial charge < -0.3 is 20.1 Å². The van der Waals surface area contributed by atoms with Crippen molar-refractivity contribution in [1.82, 2.24) is 10.2 Å². The second-order valence-corrected chi connectivity index (χ2v) is 8.51. The number of carbonyl (C=O) groups is 3. The number of nitrogens with zero attached hydrogens (tertiary/aromatic N) is 1. The third-order valence-electron chi connectivity index (χ3n) is 5.35. The average Bonchev–Trinajstić information content (AvgIpc) is 3.11. The molecular formula is C27H24ClN3O5. The Kier molecular flexibility index (Phi) is 7.56. The van der Waals surface area contributed by atoms with Crippen LogP contribution in [0.15, 0.2) is 72.4 Å². The van der Waals surface area contributed by atoms with Gasteiger partial charge in [-0.25, -0.2) is 9.69 Å². The molecule has 4 rings (SSSR count). The fraction of sp³-hybridized carbons (Fsp3) is 0.148. The zero-order valence-corrected chi connectivity index (χ0v) is 20.5. The predicted octanol–water partition coefficient (Wildman–Crippen LogP) is 4.77. The van der Waals surface area contributed by atoms with E-state index >= 15 is 0 Å². The van der Waals surface area contributed by atoms with Gasteiger partial charge in [0.05, 0.1) is 12.1 Å². The van der Waals surface area contributed by atoms with E-state index < -0.39 is 24.4 Å². The van der Waals surface area contributed by atoms with Crippen LogP contribution in [0.2, 0.25) is 5.02 Å². The number of benzene rings is 3. The smallest absolute Gasteiger partial charge is 0.329 e. The molecule has 3 aromatic carbocycles. The second kappa shape index (κ2) is 11.0. The van der Waals surface area contributed by atoms with Crippen molar-refractivity contribution in [3.8, 4) is 11.5 Å². The lowest BCUT2D eigenvalue weighted by Gasteiger charge is -2.14. The van der Waals surface area contributed by atoms with Gasteiger partial charge in [-0.1, -0.05) is 54.1 Å². The third kappa shape index (κ3) is 5.84. The van der Waals surface area contributed by atoms with Crippen molar-refractivity contribution in [2.75, 3.05) is 19.0 Å². The topological polar surface area (TPSA) is 97.0 Å². The lowest BCUT2D eigenvalue weighted by Crippen LogP contribution is -2.38. The summed E-state index contributed by atoms with van der Waals surface area (Å²) in [5.41, 5.74) is 3.04. The molecule has 0 saturated carbocycles. The van der Waals surface area contributed by atoms with Crippen molar-refractivity contribution < 1.29 is 23.9 Å². The second-order valence-electron chi connectivity index (χ2n) is 8.11. The number of hydrogen-bond acceptors (Lipinski definition) is 5. The van der Waals surface area contributed by atoms with E-state index in [2.05, 4.69) is 10.6 Å². The molecule has 0 bridgehead atoms. The van der Waals surface area contributed by atoms with Crippen LogP contribution < -0.4 is 20.1 Å². The van der Waals surface area contributed by atoms with Crippen molar-refractivity contribution in [3.63, 3.8) is 0 Å². The van der Waals surface area contributed by atoms with Crippen LogP contribution in [0.4, 0.5) is 10.5 Å². The van der Waals surface area contributed by atoms with E-state index in [1.54, 1.807) is 30.3 Å². The highest BCUT2D eigenvalue weighted by Gasteiger charge is 2.35. The minimum absolute atomic E-state index is 0.0134. The molecule has 1 fully saturated rings. The number of halogens is 1. The molecule has 2 N–H and O–H groups in total. The number of urea groups is 1. The number of ether oxygens (including phenoxy) is 2. The molecule has 1 aliphatic heterocycles. The fourth-order valence-electron chi connectivity index (χ4n) is 3.64. The van der Waals surface area contributed by atoms with Crippen LogP contribution >= 0.6 is 11.6 Å². The van der Waals surface area contributed by atoms with Gasteiger partial charge in [0.25, 0.3) is 5.91 Å². The molecule has 0 aromatic heterocycles. The van der Waals surface area contributed by atoms with E-state index in [9.17, 15) is 14.4 Å². The molecule has 0 aliphatic carbocycles. The summed E-state index contributed by atoms with van der Waals surface area (Å²) in [6.07, 6.45) is 1.47. The number of aryl methyl sites for hydroxylation is 1. The number of nitrogens with one attached hydrogen (secondary N) is 2. The quantitative estimate of drug-likeness (QED) is 0.339. The normalized spacial score (nSPS) is 14.1. The summed E-state index contributed by atoms with van der Waals surface area (Å²) in [4.78, 5) is 38.5. The van der Waals surface area contributed by atoms with Crippen molar-refractivity contribution in [1.29, 1.82) is 0 Å². The predicted molar refractivity (Wildman–Crippen MR) is 137 cm³/mol. The van der Waals surface area contributed by atoms with Crippen LogP contribution in [-0.2, 0) is 16.2 Å².